The molecule has 6 nitrogen and oxygen atoms in total. The molecule has 8 heteroatoms. The van der Waals surface area contributed by atoms with Crippen LogP contribution in [0.2, 0.25) is 0 Å². The standard InChI is InChI=1S/C23H31N3O3S2/c1-30-16-13-22(25-31(28,29)21-7-3-2-4-8-21)23(27)24-17-19-9-11-20(12-10-19)18-26-14-5-6-15-26/h2-4,7-12,22,25H,5-6,13-18H2,1H3,(H,24,27). The van der Waals surface area contributed by atoms with Crippen LogP contribution < -0.4 is 10.0 Å². The van der Waals surface area contributed by atoms with Crippen LogP contribution in [-0.4, -0.2) is 50.4 Å². The Bertz CT molecular complexity index is 928. The normalized spacial score (nSPS) is 15.6. The van der Waals surface area contributed by atoms with Crippen molar-refractivity contribution in [3.8, 4) is 0 Å². The average molecular weight is 462 g/mol. The minimum atomic E-state index is -3.76. The van der Waals surface area contributed by atoms with Gasteiger partial charge in [0, 0.05) is 13.1 Å². The summed E-state index contributed by atoms with van der Waals surface area (Å²) in [6, 6.07) is 15.6. The van der Waals surface area contributed by atoms with Crippen LogP contribution in [0.1, 0.15) is 30.4 Å². The Morgan fingerprint density at radius 2 is 1.68 bits per heavy atom. The molecule has 1 saturated heterocycles. The molecule has 1 unspecified atom stereocenters. The van der Waals surface area contributed by atoms with E-state index in [-0.39, 0.29) is 10.8 Å². The van der Waals surface area contributed by atoms with Crippen molar-refractivity contribution in [1.29, 1.82) is 0 Å². The minimum Gasteiger partial charge on any atom is -0.351 e. The Balaban J connectivity index is 1.57. The lowest BCUT2D eigenvalue weighted by Crippen LogP contribution is -2.46. The zero-order valence-electron chi connectivity index (χ0n) is 17.9. The van der Waals surface area contributed by atoms with Crippen LogP contribution in [0.5, 0.6) is 0 Å². The molecular formula is C23H31N3O3S2. The van der Waals surface area contributed by atoms with E-state index in [1.807, 2.05) is 18.4 Å². The van der Waals surface area contributed by atoms with Crippen molar-refractivity contribution in [2.45, 2.75) is 43.3 Å². The first kappa shape index (κ1) is 23.8. The minimum absolute atomic E-state index is 0.158. The van der Waals surface area contributed by atoms with Gasteiger partial charge in [-0.15, -0.1) is 0 Å². The number of carbonyl (C=O) groups excluding carboxylic acids is 1. The summed E-state index contributed by atoms with van der Waals surface area (Å²) in [7, 11) is -3.76. The molecule has 0 aromatic heterocycles. The van der Waals surface area contributed by atoms with Crippen LogP contribution in [0.3, 0.4) is 0 Å². The molecule has 1 aliphatic heterocycles. The van der Waals surface area contributed by atoms with E-state index in [2.05, 4.69) is 27.1 Å². The van der Waals surface area contributed by atoms with Crippen LogP contribution in [0.15, 0.2) is 59.5 Å². The maximum atomic E-state index is 12.8. The summed E-state index contributed by atoms with van der Waals surface area (Å²) in [5.74, 6) is 0.371. The summed E-state index contributed by atoms with van der Waals surface area (Å²) < 4.78 is 27.9. The number of rotatable bonds is 11. The molecule has 31 heavy (non-hydrogen) atoms. The number of nitrogens with zero attached hydrogens (tertiary/aromatic N) is 1. The van der Waals surface area contributed by atoms with Crippen molar-refractivity contribution in [2.75, 3.05) is 25.1 Å². The molecule has 0 saturated carbocycles. The van der Waals surface area contributed by atoms with Gasteiger partial charge in [-0.05, 0) is 67.6 Å². The Labute approximate surface area is 189 Å². The highest BCUT2D eigenvalue weighted by molar-refractivity contribution is 7.98. The second kappa shape index (κ2) is 11.7. The summed E-state index contributed by atoms with van der Waals surface area (Å²) in [4.78, 5) is 15.4. The number of sulfonamides is 1. The van der Waals surface area contributed by atoms with Gasteiger partial charge in [-0.2, -0.15) is 16.5 Å². The third kappa shape index (κ3) is 7.35. The monoisotopic (exact) mass is 461 g/mol. The van der Waals surface area contributed by atoms with Crippen molar-refractivity contribution in [2.24, 2.45) is 0 Å². The van der Waals surface area contributed by atoms with Gasteiger partial charge < -0.3 is 5.32 Å². The number of likely N-dealkylation sites (tertiary alicyclic amines) is 1. The Morgan fingerprint density at radius 1 is 1.03 bits per heavy atom. The van der Waals surface area contributed by atoms with Crippen molar-refractivity contribution in [3.63, 3.8) is 0 Å². The molecule has 2 N–H and O–H groups in total. The highest BCUT2D eigenvalue weighted by Gasteiger charge is 2.25. The van der Waals surface area contributed by atoms with Gasteiger partial charge >= 0.3 is 0 Å². The van der Waals surface area contributed by atoms with Gasteiger partial charge in [0.1, 0.15) is 6.04 Å². The highest BCUT2D eigenvalue weighted by Crippen LogP contribution is 2.14. The largest absolute Gasteiger partial charge is 0.351 e. The zero-order valence-corrected chi connectivity index (χ0v) is 19.6. The molecule has 2 aromatic carbocycles. The second-order valence-electron chi connectivity index (χ2n) is 7.79. The van der Waals surface area contributed by atoms with Crippen LogP contribution in [0.25, 0.3) is 0 Å². The first-order valence-electron chi connectivity index (χ1n) is 10.6. The van der Waals surface area contributed by atoms with Gasteiger partial charge in [0.05, 0.1) is 4.90 Å². The third-order valence-corrected chi connectivity index (χ3v) is 7.50. The molecule has 0 spiro atoms. The number of thioether (sulfide) groups is 1. The van der Waals surface area contributed by atoms with Gasteiger partial charge in [-0.3, -0.25) is 9.69 Å². The fourth-order valence-electron chi connectivity index (χ4n) is 3.61. The van der Waals surface area contributed by atoms with Gasteiger partial charge in [-0.1, -0.05) is 42.5 Å². The van der Waals surface area contributed by atoms with Crippen LogP contribution >= 0.6 is 11.8 Å². The lowest BCUT2D eigenvalue weighted by molar-refractivity contribution is -0.122. The number of hydrogen-bond acceptors (Lipinski definition) is 5. The van der Waals surface area contributed by atoms with Gasteiger partial charge in [0.25, 0.3) is 0 Å². The van der Waals surface area contributed by atoms with Crippen molar-refractivity contribution in [3.05, 3.63) is 65.7 Å². The summed E-state index contributed by atoms with van der Waals surface area (Å²) >= 11 is 1.58. The molecule has 1 fully saturated rings. The Hall–Kier alpha value is -1.87. The van der Waals surface area contributed by atoms with E-state index in [1.54, 1.807) is 30.0 Å². The first-order chi connectivity index (χ1) is 15.0. The van der Waals surface area contributed by atoms with Gasteiger partial charge in [-0.25, -0.2) is 8.42 Å². The van der Waals surface area contributed by atoms with E-state index in [4.69, 9.17) is 0 Å². The quantitative estimate of drug-likeness (QED) is 0.538. The third-order valence-electron chi connectivity index (χ3n) is 5.37. The molecule has 3 rings (SSSR count). The lowest BCUT2D eigenvalue weighted by atomic mass is 10.1. The van der Waals surface area contributed by atoms with E-state index in [0.29, 0.717) is 18.7 Å². The first-order valence-corrected chi connectivity index (χ1v) is 13.5. The topological polar surface area (TPSA) is 78.5 Å². The van der Waals surface area contributed by atoms with E-state index in [9.17, 15) is 13.2 Å². The lowest BCUT2D eigenvalue weighted by Gasteiger charge is -2.18. The Morgan fingerprint density at radius 3 is 2.32 bits per heavy atom. The predicted molar refractivity (Wildman–Crippen MR) is 126 cm³/mol. The van der Waals surface area contributed by atoms with E-state index < -0.39 is 16.1 Å². The van der Waals surface area contributed by atoms with Crippen molar-refractivity contribution >= 4 is 27.7 Å². The second-order valence-corrected chi connectivity index (χ2v) is 10.5. The maximum Gasteiger partial charge on any atom is 0.241 e. The number of amides is 1. The molecule has 2 aromatic rings. The van der Waals surface area contributed by atoms with Gasteiger partial charge in [0.2, 0.25) is 15.9 Å². The van der Waals surface area contributed by atoms with Crippen LogP contribution in [0, 0.1) is 0 Å². The van der Waals surface area contributed by atoms with Crippen LogP contribution in [-0.2, 0) is 27.9 Å². The fourth-order valence-corrected chi connectivity index (χ4v) is 5.33. The number of carbonyl (C=O) groups is 1. The SMILES string of the molecule is CSCCC(NS(=O)(=O)c1ccccc1)C(=O)NCc1ccc(CN2CCCC2)cc1. The molecule has 0 bridgehead atoms. The van der Waals surface area contributed by atoms with Crippen LogP contribution in [0.4, 0.5) is 0 Å². The van der Waals surface area contributed by atoms with E-state index in [0.717, 1.165) is 25.2 Å². The predicted octanol–water partition coefficient (Wildman–Crippen LogP) is 3.00. The number of benzene rings is 2. The molecule has 1 heterocycles. The Kier molecular flexibility index (Phi) is 8.95. The number of nitrogens with one attached hydrogen (secondary N) is 2. The van der Waals surface area contributed by atoms with Gasteiger partial charge in [0.15, 0.2) is 0 Å². The average Bonchev–Trinajstić information content (AvgIpc) is 3.29. The smallest absolute Gasteiger partial charge is 0.241 e. The molecule has 0 aliphatic carbocycles. The van der Waals surface area contributed by atoms with Crippen molar-refractivity contribution in [1.82, 2.24) is 14.9 Å². The van der Waals surface area contributed by atoms with Crippen molar-refractivity contribution < 1.29 is 13.2 Å². The molecule has 0 radical (unpaired) electrons. The summed E-state index contributed by atoms with van der Waals surface area (Å²) in [6.07, 6.45) is 4.91. The molecule has 1 amide bonds. The molecule has 168 valence electrons. The summed E-state index contributed by atoms with van der Waals surface area (Å²) in [5, 5.41) is 2.89. The summed E-state index contributed by atoms with van der Waals surface area (Å²) in [5.41, 5.74) is 2.26. The maximum absolute atomic E-state index is 12.8. The zero-order chi connectivity index (χ0) is 22.1. The number of hydrogen-bond donors (Lipinski definition) is 2. The summed E-state index contributed by atoms with van der Waals surface area (Å²) in [6.45, 7) is 3.65. The van der Waals surface area contributed by atoms with E-state index >= 15 is 0 Å². The fraction of sp³-hybridized carbons (Fsp3) is 0.435. The highest BCUT2D eigenvalue weighted by atomic mass is 32.2. The molecule has 1 aliphatic rings. The molecule has 1 atom stereocenters. The molecular weight excluding hydrogens is 430 g/mol. The van der Waals surface area contributed by atoms with E-state index in [1.165, 1.54) is 30.5 Å².